The van der Waals surface area contributed by atoms with Gasteiger partial charge in [-0.1, -0.05) is 28.8 Å². The highest BCUT2D eigenvalue weighted by molar-refractivity contribution is 6.35. The zero-order valence-corrected chi connectivity index (χ0v) is 22.2. The van der Waals surface area contributed by atoms with Gasteiger partial charge in [0.2, 0.25) is 0 Å². The van der Waals surface area contributed by atoms with E-state index >= 15 is 0 Å². The number of pyridine rings is 1. The number of nitrogens with one attached hydrogen (secondary N) is 1. The van der Waals surface area contributed by atoms with E-state index in [9.17, 15) is 26.3 Å². The van der Waals surface area contributed by atoms with Crippen molar-refractivity contribution in [2.75, 3.05) is 4.90 Å². The first-order valence-corrected chi connectivity index (χ1v) is 13.4. The molecule has 14 heteroatoms. The van der Waals surface area contributed by atoms with Crippen molar-refractivity contribution in [3.05, 3.63) is 75.4 Å². The second-order valence-electron chi connectivity index (χ2n) is 10.5. The molecular weight excluding hydrogens is 572 g/mol. The van der Waals surface area contributed by atoms with Crippen LogP contribution in [0.15, 0.2) is 42.5 Å². The SMILES string of the molecule is FC(F)(F)c1cc(CN(Cc2cc3cccc(Cl)c3nc2CN(C2CC2)C2CC2)c2nn[nH]n2)cc(C(F)(F)F)c1. The summed E-state index contributed by atoms with van der Waals surface area (Å²) in [5.41, 5.74) is -0.881. The molecule has 0 atom stereocenters. The van der Waals surface area contributed by atoms with Crippen LogP contribution in [-0.4, -0.2) is 42.6 Å². The standard InChI is InChI=1S/C27H24ClF6N7/c28-22-3-1-2-16-10-17(23(35-24(16)22)14-41(20-4-5-20)21-6-7-21)13-40(25-36-38-39-37-25)12-15-8-18(26(29,30)31)11-19(9-15)27(32,33)34/h1-3,8-11,20-21H,4-7,12-14H2,(H,36,37,38,39). The number of hydrogen-bond acceptors (Lipinski definition) is 6. The molecule has 0 saturated heterocycles. The lowest BCUT2D eigenvalue weighted by atomic mass is 10.0. The van der Waals surface area contributed by atoms with Gasteiger partial charge >= 0.3 is 12.4 Å². The van der Waals surface area contributed by atoms with Gasteiger partial charge in [0.15, 0.2) is 0 Å². The van der Waals surface area contributed by atoms with Crippen LogP contribution in [0, 0.1) is 0 Å². The van der Waals surface area contributed by atoms with Crippen LogP contribution in [0.1, 0.15) is 53.6 Å². The quantitative estimate of drug-likeness (QED) is 0.215. The molecule has 0 amide bonds. The predicted octanol–water partition coefficient (Wildman–Crippen LogP) is 6.77. The van der Waals surface area contributed by atoms with Gasteiger partial charge in [-0.05, 0) is 72.4 Å². The fourth-order valence-corrected chi connectivity index (χ4v) is 5.31. The number of aromatic amines is 1. The highest BCUT2D eigenvalue weighted by atomic mass is 35.5. The van der Waals surface area contributed by atoms with Crippen molar-refractivity contribution in [3.8, 4) is 0 Å². The van der Waals surface area contributed by atoms with Gasteiger partial charge in [0.05, 0.1) is 27.4 Å². The van der Waals surface area contributed by atoms with Gasteiger partial charge in [0.25, 0.3) is 5.95 Å². The first-order chi connectivity index (χ1) is 19.5. The Hall–Kier alpha value is -3.45. The van der Waals surface area contributed by atoms with Crippen LogP contribution in [0.5, 0.6) is 0 Å². The van der Waals surface area contributed by atoms with Gasteiger partial charge in [-0.3, -0.25) is 4.90 Å². The molecule has 2 aromatic carbocycles. The number of aromatic nitrogens is 5. The Morgan fingerprint density at radius 3 is 2.07 bits per heavy atom. The van der Waals surface area contributed by atoms with Gasteiger partial charge in [0.1, 0.15) is 0 Å². The number of rotatable bonds is 9. The zero-order chi connectivity index (χ0) is 28.9. The van der Waals surface area contributed by atoms with E-state index in [0.717, 1.165) is 42.3 Å². The van der Waals surface area contributed by atoms with E-state index in [1.807, 2.05) is 12.1 Å². The third-order valence-corrected chi connectivity index (χ3v) is 7.63. The normalized spacial score (nSPS) is 16.1. The van der Waals surface area contributed by atoms with Crippen molar-refractivity contribution < 1.29 is 26.3 Å². The number of alkyl halides is 6. The molecule has 2 fully saturated rings. The lowest BCUT2D eigenvalue weighted by Gasteiger charge is -2.26. The Bertz CT molecular complexity index is 1500. The number of para-hydroxylation sites is 1. The predicted molar refractivity (Wildman–Crippen MR) is 139 cm³/mol. The molecule has 0 spiro atoms. The number of benzene rings is 2. The molecule has 2 saturated carbocycles. The Labute approximate surface area is 235 Å². The summed E-state index contributed by atoms with van der Waals surface area (Å²) in [5, 5.41) is 15.1. The molecule has 2 aromatic heterocycles. The van der Waals surface area contributed by atoms with E-state index in [1.54, 1.807) is 12.1 Å². The molecule has 0 radical (unpaired) electrons. The second kappa shape index (κ2) is 10.4. The van der Waals surface area contributed by atoms with Crippen molar-refractivity contribution in [1.29, 1.82) is 0 Å². The Kier molecular flexibility index (Phi) is 7.05. The molecule has 0 unspecified atom stereocenters. The number of H-pyrrole nitrogens is 1. The summed E-state index contributed by atoms with van der Waals surface area (Å²) in [7, 11) is 0. The van der Waals surface area contributed by atoms with Crippen LogP contribution in [-0.2, 0) is 32.0 Å². The first-order valence-electron chi connectivity index (χ1n) is 13.1. The number of halogens is 7. The van der Waals surface area contributed by atoms with E-state index in [-0.39, 0.29) is 30.7 Å². The van der Waals surface area contributed by atoms with E-state index < -0.39 is 23.5 Å². The number of hydrogen-bond donors (Lipinski definition) is 1. The Morgan fingerprint density at radius 2 is 1.51 bits per heavy atom. The van der Waals surface area contributed by atoms with Crippen LogP contribution >= 0.6 is 11.6 Å². The summed E-state index contributed by atoms with van der Waals surface area (Å²) in [6.45, 7) is 0.271. The maximum absolute atomic E-state index is 13.5. The van der Waals surface area contributed by atoms with Crippen LogP contribution in [0.4, 0.5) is 32.3 Å². The molecule has 2 aliphatic rings. The molecule has 41 heavy (non-hydrogen) atoms. The monoisotopic (exact) mass is 595 g/mol. The summed E-state index contributed by atoms with van der Waals surface area (Å²) >= 11 is 6.46. The van der Waals surface area contributed by atoms with Gasteiger partial charge < -0.3 is 4.90 Å². The first kappa shape index (κ1) is 27.7. The second-order valence-corrected chi connectivity index (χ2v) is 10.9. The number of nitrogens with zero attached hydrogens (tertiary/aromatic N) is 6. The average Bonchev–Trinajstić information content (AvgIpc) is 3.85. The van der Waals surface area contributed by atoms with Crippen LogP contribution in [0.2, 0.25) is 5.02 Å². The largest absolute Gasteiger partial charge is 0.416 e. The maximum Gasteiger partial charge on any atom is 0.416 e. The smallest absolute Gasteiger partial charge is 0.329 e. The van der Waals surface area contributed by atoms with Gasteiger partial charge in [-0.2, -0.15) is 31.6 Å². The molecular formula is C27H24ClF6N7. The zero-order valence-electron chi connectivity index (χ0n) is 21.5. The van der Waals surface area contributed by atoms with Crippen molar-refractivity contribution in [3.63, 3.8) is 0 Å². The fraction of sp³-hybridized carbons (Fsp3) is 0.407. The van der Waals surface area contributed by atoms with E-state index in [1.165, 1.54) is 4.90 Å². The third kappa shape index (κ3) is 6.25. The van der Waals surface area contributed by atoms with Crippen LogP contribution in [0.25, 0.3) is 10.9 Å². The summed E-state index contributed by atoms with van der Waals surface area (Å²) in [6.07, 6.45) is -5.51. The van der Waals surface area contributed by atoms with Crippen molar-refractivity contribution in [2.45, 2.75) is 69.8 Å². The van der Waals surface area contributed by atoms with Crippen molar-refractivity contribution in [1.82, 2.24) is 30.5 Å². The molecule has 1 N–H and O–H groups in total. The number of tetrazole rings is 1. The molecule has 4 aromatic rings. The topological polar surface area (TPSA) is 73.8 Å². The van der Waals surface area contributed by atoms with Gasteiger partial charge in [-0.25, -0.2) is 4.98 Å². The summed E-state index contributed by atoms with van der Waals surface area (Å²) in [4.78, 5) is 8.81. The molecule has 216 valence electrons. The van der Waals surface area contributed by atoms with Crippen LogP contribution < -0.4 is 4.90 Å². The third-order valence-electron chi connectivity index (χ3n) is 7.33. The van der Waals surface area contributed by atoms with Gasteiger partial charge in [0, 0.05) is 37.1 Å². The minimum absolute atomic E-state index is 0.0225. The van der Waals surface area contributed by atoms with Crippen molar-refractivity contribution >= 4 is 28.5 Å². The van der Waals surface area contributed by atoms with Crippen LogP contribution in [0.3, 0.4) is 0 Å². The molecule has 6 rings (SSSR count). The van der Waals surface area contributed by atoms with Crippen molar-refractivity contribution in [2.24, 2.45) is 0 Å². The lowest BCUT2D eigenvalue weighted by molar-refractivity contribution is -0.143. The summed E-state index contributed by atoms with van der Waals surface area (Å²) < 4.78 is 81.3. The Morgan fingerprint density at radius 1 is 0.854 bits per heavy atom. The molecule has 0 aliphatic heterocycles. The maximum atomic E-state index is 13.5. The molecule has 2 heterocycles. The molecule has 0 bridgehead atoms. The van der Waals surface area contributed by atoms with E-state index in [4.69, 9.17) is 16.6 Å². The number of anilines is 1. The molecule has 7 nitrogen and oxygen atoms in total. The fourth-order valence-electron chi connectivity index (χ4n) is 5.08. The average molecular weight is 596 g/mol. The minimum atomic E-state index is -4.96. The minimum Gasteiger partial charge on any atom is -0.329 e. The molecule has 2 aliphatic carbocycles. The summed E-state index contributed by atoms with van der Waals surface area (Å²) in [5.74, 6) is 0.0225. The van der Waals surface area contributed by atoms with E-state index in [2.05, 4.69) is 25.5 Å². The number of fused-ring (bicyclic) bond motifs is 1. The lowest BCUT2D eigenvalue weighted by Crippen LogP contribution is -2.30. The highest BCUT2D eigenvalue weighted by Gasteiger charge is 2.40. The summed E-state index contributed by atoms with van der Waals surface area (Å²) in [6, 6.07) is 9.77. The highest BCUT2D eigenvalue weighted by Crippen LogP contribution is 2.40. The Balaban J connectivity index is 1.40. The van der Waals surface area contributed by atoms with Gasteiger partial charge in [-0.15, -0.1) is 5.10 Å². The van der Waals surface area contributed by atoms with E-state index in [0.29, 0.717) is 41.3 Å².